The molecule has 1 rings (SSSR count). The fraction of sp³-hybridized carbons (Fsp3) is 0.125. The van der Waals surface area contributed by atoms with Gasteiger partial charge in [0.25, 0.3) is 0 Å². The first kappa shape index (κ1) is 8.80. The minimum Gasteiger partial charge on any atom is -0.479 e. The van der Waals surface area contributed by atoms with Crippen LogP contribution in [0.3, 0.4) is 0 Å². The molecule has 0 fully saturated rings. The lowest BCUT2D eigenvalue weighted by Gasteiger charge is -2.08. The minimum absolute atomic E-state index is 0.709. The van der Waals surface area contributed by atoms with E-state index in [2.05, 4.69) is 11.9 Å². The van der Waals surface area contributed by atoms with Crippen LogP contribution in [0.15, 0.2) is 29.5 Å². The summed E-state index contributed by atoms with van der Waals surface area (Å²) in [5.41, 5.74) is 0.812. The number of anilines is 1. The monoisotopic (exact) mass is 183 g/mol. The molecule has 1 aromatic rings. The molecule has 0 saturated heterocycles. The van der Waals surface area contributed by atoms with Gasteiger partial charge in [0, 0.05) is 11.1 Å². The van der Waals surface area contributed by atoms with E-state index in [0.717, 1.165) is 5.69 Å². The van der Waals surface area contributed by atoms with Crippen LogP contribution < -0.4 is 5.32 Å². The maximum Gasteiger partial charge on any atom is 0.330 e. The molecule has 0 aromatic carbocycles. The number of carbonyl (C=O) groups is 1. The molecule has 2 N–H and O–H groups in total. The maximum absolute atomic E-state index is 10.5. The van der Waals surface area contributed by atoms with Crippen molar-refractivity contribution in [1.29, 1.82) is 0 Å². The third-order valence-electron chi connectivity index (χ3n) is 1.35. The second-order valence-electron chi connectivity index (χ2n) is 2.21. The Bertz CT molecular complexity index is 269. The van der Waals surface area contributed by atoms with Crippen LogP contribution in [0.5, 0.6) is 0 Å². The average molecular weight is 183 g/mol. The van der Waals surface area contributed by atoms with Crippen molar-refractivity contribution in [2.45, 2.75) is 6.04 Å². The van der Waals surface area contributed by atoms with E-state index in [1.165, 1.54) is 17.4 Å². The highest BCUT2D eigenvalue weighted by Crippen LogP contribution is 2.13. The van der Waals surface area contributed by atoms with Gasteiger partial charge in [-0.3, -0.25) is 0 Å². The van der Waals surface area contributed by atoms with Crippen LogP contribution in [-0.2, 0) is 4.79 Å². The van der Waals surface area contributed by atoms with Crippen LogP contribution >= 0.6 is 11.3 Å². The summed E-state index contributed by atoms with van der Waals surface area (Å²) in [7, 11) is 0. The highest BCUT2D eigenvalue weighted by Gasteiger charge is 2.11. The van der Waals surface area contributed by atoms with Gasteiger partial charge in [0.2, 0.25) is 0 Å². The van der Waals surface area contributed by atoms with Gasteiger partial charge in [0.15, 0.2) is 0 Å². The van der Waals surface area contributed by atoms with Gasteiger partial charge in [-0.25, -0.2) is 4.79 Å². The fourth-order valence-electron chi connectivity index (χ4n) is 0.748. The number of aliphatic carboxylic acids is 1. The molecular formula is C8H9NO2S. The number of thiophene rings is 1. The Morgan fingerprint density at radius 3 is 3.00 bits per heavy atom. The van der Waals surface area contributed by atoms with Crippen LogP contribution in [0, 0.1) is 0 Å². The van der Waals surface area contributed by atoms with Crippen molar-refractivity contribution >= 4 is 23.0 Å². The van der Waals surface area contributed by atoms with Gasteiger partial charge in [0.05, 0.1) is 0 Å². The van der Waals surface area contributed by atoms with E-state index in [1.807, 2.05) is 16.8 Å². The van der Waals surface area contributed by atoms with E-state index >= 15 is 0 Å². The summed E-state index contributed by atoms with van der Waals surface area (Å²) in [4.78, 5) is 10.5. The Balaban J connectivity index is 2.60. The van der Waals surface area contributed by atoms with Crippen LogP contribution in [0.25, 0.3) is 0 Å². The largest absolute Gasteiger partial charge is 0.479 e. The Labute approximate surface area is 74.3 Å². The van der Waals surface area contributed by atoms with Crippen LogP contribution in [0.4, 0.5) is 5.69 Å². The summed E-state index contributed by atoms with van der Waals surface area (Å²) >= 11 is 1.51. The van der Waals surface area contributed by atoms with E-state index < -0.39 is 12.0 Å². The van der Waals surface area contributed by atoms with E-state index in [0.29, 0.717) is 0 Å². The summed E-state index contributed by atoms with van der Waals surface area (Å²) in [6, 6.07) is 1.11. The molecule has 0 aliphatic heterocycles. The molecule has 4 heteroatoms. The average Bonchev–Trinajstić information content (AvgIpc) is 2.51. The first-order valence-corrected chi connectivity index (χ1v) is 4.32. The van der Waals surface area contributed by atoms with Crippen molar-refractivity contribution in [2.75, 3.05) is 5.32 Å². The highest BCUT2D eigenvalue weighted by molar-refractivity contribution is 7.08. The predicted molar refractivity (Wildman–Crippen MR) is 49.6 cm³/mol. The molecule has 12 heavy (non-hydrogen) atoms. The normalized spacial score (nSPS) is 12.0. The molecule has 3 nitrogen and oxygen atoms in total. The van der Waals surface area contributed by atoms with E-state index in [-0.39, 0.29) is 0 Å². The predicted octanol–water partition coefficient (Wildman–Crippen LogP) is 1.80. The third-order valence-corrected chi connectivity index (χ3v) is 2.03. The van der Waals surface area contributed by atoms with E-state index in [4.69, 9.17) is 5.11 Å². The van der Waals surface area contributed by atoms with Gasteiger partial charge in [-0.05, 0) is 11.4 Å². The quantitative estimate of drug-likeness (QED) is 0.700. The molecule has 0 amide bonds. The highest BCUT2D eigenvalue weighted by atomic mass is 32.1. The molecule has 0 spiro atoms. The van der Waals surface area contributed by atoms with Crippen LogP contribution in [-0.4, -0.2) is 17.1 Å². The van der Waals surface area contributed by atoms with Gasteiger partial charge in [0.1, 0.15) is 6.04 Å². The Kier molecular flexibility index (Phi) is 2.88. The first-order valence-electron chi connectivity index (χ1n) is 3.38. The molecule has 0 saturated carbocycles. The maximum atomic E-state index is 10.5. The first-order chi connectivity index (χ1) is 5.74. The van der Waals surface area contributed by atoms with Gasteiger partial charge in [-0.1, -0.05) is 6.08 Å². The van der Waals surface area contributed by atoms with Crippen LogP contribution in [0.1, 0.15) is 0 Å². The van der Waals surface area contributed by atoms with E-state index in [9.17, 15) is 4.79 Å². The lowest BCUT2D eigenvalue weighted by molar-refractivity contribution is -0.136. The Morgan fingerprint density at radius 2 is 2.58 bits per heavy atom. The molecule has 0 aliphatic rings. The summed E-state index contributed by atoms with van der Waals surface area (Å²) in [5, 5.41) is 15.2. The number of carboxylic acid groups (broad SMARTS) is 1. The summed E-state index contributed by atoms with van der Waals surface area (Å²) in [6.07, 6.45) is 1.36. The zero-order chi connectivity index (χ0) is 8.97. The summed E-state index contributed by atoms with van der Waals surface area (Å²) in [6.45, 7) is 3.42. The fourth-order valence-corrected chi connectivity index (χ4v) is 1.34. The van der Waals surface area contributed by atoms with Crippen molar-refractivity contribution < 1.29 is 9.90 Å². The number of nitrogens with one attached hydrogen (secondary N) is 1. The SMILES string of the molecule is C=CC(Nc1ccsc1)C(=O)O. The smallest absolute Gasteiger partial charge is 0.330 e. The Hall–Kier alpha value is -1.29. The molecule has 0 radical (unpaired) electrons. The second-order valence-corrected chi connectivity index (χ2v) is 2.99. The molecule has 0 bridgehead atoms. The molecule has 0 aliphatic carbocycles. The number of rotatable bonds is 4. The van der Waals surface area contributed by atoms with Crippen molar-refractivity contribution in [3.05, 3.63) is 29.5 Å². The van der Waals surface area contributed by atoms with E-state index in [1.54, 1.807) is 0 Å². The summed E-state index contributed by atoms with van der Waals surface area (Å²) < 4.78 is 0. The lowest BCUT2D eigenvalue weighted by Crippen LogP contribution is -2.26. The third kappa shape index (κ3) is 2.10. The molecule has 64 valence electrons. The van der Waals surface area contributed by atoms with Crippen molar-refractivity contribution in [3.63, 3.8) is 0 Å². The summed E-state index contributed by atoms with van der Waals surface area (Å²) in [5.74, 6) is -0.920. The van der Waals surface area contributed by atoms with Gasteiger partial charge in [-0.2, -0.15) is 11.3 Å². The standard InChI is InChI=1S/C8H9NO2S/c1-2-7(8(10)11)9-6-3-4-12-5-6/h2-5,7,9H,1H2,(H,10,11). The van der Waals surface area contributed by atoms with Gasteiger partial charge >= 0.3 is 5.97 Å². The van der Waals surface area contributed by atoms with Crippen molar-refractivity contribution in [3.8, 4) is 0 Å². The van der Waals surface area contributed by atoms with Gasteiger partial charge < -0.3 is 10.4 Å². The number of hydrogen-bond donors (Lipinski definition) is 2. The zero-order valence-electron chi connectivity index (χ0n) is 6.36. The molecule has 1 atom stereocenters. The topological polar surface area (TPSA) is 49.3 Å². The number of carboxylic acids is 1. The van der Waals surface area contributed by atoms with Crippen molar-refractivity contribution in [2.24, 2.45) is 0 Å². The molecule has 1 heterocycles. The lowest BCUT2D eigenvalue weighted by atomic mass is 10.3. The molecule has 1 aromatic heterocycles. The second kappa shape index (κ2) is 3.92. The Morgan fingerprint density at radius 1 is 1.83 bits per heavy atom. The number of hydrogen-bond acceptors (Lipinski definition) is 3. The molecule has 1 unspecified atom stereocenters. The van der Waals surface area contributed by atoms with Crippen molar-refractivity contribution in [1.82, 2.24) is 0 Å². The minimum atomic E-state index is -0.920. The molecular weight excluding hydrogens is 174 g/mol. The van der Waals surface area contributed by atoms with Crippen LogP contribution in [0.2, 0.25) is 0 Å². The van der Waals surface area contributed by atoms with Gasteiger partial charge in [-0.15, -0.1) is 6.58 Å². The zero-order valence-corrected chi connectivity index (χ0v) is 7.17.